The number of thiophene rings is 1. The van der Waals surface area contributed by atoms with Crippen LogP contribution in [0.4, 0.5) is 5.69 Å². The zero-order valence-electron chi connectivity index (χ0n) is 17.8. The van der Waals surface area contributed by atoms with Gasteiger partial charge >= 0.3 is 5.97 Å². The molecule has 1 fully saturated rings. The highest BCUT2D eigenvalue weighted by Gasteiger charge is 2.26. The molecule has 1 aliphatic heterocycles. The Hall–Kier alpha value is -2.42. The van der Waals surface area contributed by atoms with Crippen molar-refractivity contribution in [3.05, 3.63) is 55.9 Å². The maximum Gasteiger partial charge on any atom is 0.348 e. The standard InChI is InChI=1S/C22H25ClN4O3S/c1-4-30-22(29)18-13(2)17-20(28)24-19(25-21(17)31-18)14(3)26-9-11-27(12-10-26)16-7-5-15(23)6-8-16/h5-8,14H,4,9-12H2,1-3H3,(H,24,25,28). The Morgan fingerprint density at radius 3 is 2.58 bits per heavy atom. The van der Waals surface area contributed by atoms with E-state index in [1.807, 2.05) is 24.3 Å². The van der Waals surface area contributed by atoms with Crippen molar-refractivity contribution >= 4 is 44.8 Å². The molecule has 1 N–H and O–H groups in total. The average molecular weight is 461 g/mol. The minimum absolute atomic E-state index is 0.0436. The first-order chi connectivity index (χ1) is 14.9. The third-order valence-electron chi connectivity index (χ3n) is 5.73. The molecule has 9 heteroatoms. The van der Waals surface area contributed by atoms with Crippen LogP contribution in [0.15, 0.2) is 29.1 Å². The molecule has 0 saturated carbocycles. The van der Waals surface area contributed by atoms with Gasteiger partial charge in [-0.1, -0.05) is 11.6 Å². The Balaban J connectivity index is 1.53. The van der Waals surface area contributed by atoms with E-state index < -0.39 is 5.97 Å². The second kappa shape index (κ2) is 8.98. The smallest absolute Gasteiger partial charge is 0.348 e. The highest BCUT2D eigenvalue weighted by atomic mass is 35.5. The van der Waals surface area contributed by atoms with Gasteiger partial charge in [0.15, 0.2) is 0 Å². The number of esters is 1. The zero-order valence-corrected chi connectivity index (χ0v) is 19.3. The van der Waals surface area contributed by atoms with E-state index in [0.717, 1.165) is 36.9 Å². The van der Waals surface area contributed by atoms with Gasteiger partial charge in [-0.3, -0.25) is 9.69 Å². The van der Waals surface area contributed by atoms with Crippen LogP contribution in [0.3, 0.4) is 0 Å². The van der Waals surface area contributed by atoms with Crippen molar-refractivity contribution in [2.45, 2.75) is 26.8 Å². The molecule has 0 spiro atoms. The SMILES string of the molecule is CCOC(=O)c1sc2nc(C(C)N3CCN(c4ccc(Cl)cc4)CC3)[nH]c(=O)c2c1C. The summed E-state index contributed by atoms with van der Waals surface area (Å²) >= 11 is 7.21. The lowest BCUT2D eigenvalue weighted by molar-refractivity contribution is 0.0531. The van der Waals surface area contributed by atoms with Crippen molar-refractivity contribution < 1.29 is 9.53 Å². The van der Waals surface area contributed by atoms with Crippen molar-refractivity contribution in [3.8, 4) is 0 Å². The van der Waals surface area contributed by atoms with Crippen LogP contribution in [-0.2, 0) is 4.74 Å². The molecule has 4 rings (SSSR count). The van der Waals surface area contributed by atoms with Crippen molar-refractivity contribution in [1.29, 1.82) is 0 Å². The number of ether oxygens (including phenoxy) is 1. The van der Waals surface area contributed by atoms with E-state index in [2.05, 4.69) is 21.7 Å². The molecule has 0 bridgehead atoms. The van der Waals surface area contributed by atoms with Gasteiger partial charge in [0.2, 0.25) is 0 Å². The van der Waals surface area contributed by atoms with Gasteiger partial charge in [-0.05, 0) is 50.6 Å². The summed E-state index contributed by atoms with van der Waals surface area (Å²) in [4.78, 5) is 38.3. The van der Waals surface area contributed by atoms with Crippen LogP contribution in [0.5, 0.6) is 0 Å². The minimum atomic E-state index is -0.407. The lowest BCUT2D eigenvalue weighted by Gasteiger charge is -2.38. The number of nitrogens with zero attached hydrogens (tertiary/aromatic N) is 3. The summed E-state index contributed by atoms with van der Waals surface area (Å²) in [6.07, 6.45) is 0. The quantitative estimate of drug-likeness (QED) is 0.579. The molecule has 0 amide bonds. The Bertz CT molecular complexity index is 1150. The maximum atomic E-state index is 12.8. The van der Waals surface area contributed by atoms with Crippen molar-refractivity contribution in [3.63, 3.8) is 0 Å². The Morgan fingerprint density at radius 2 is 1.94 bits per heavy atom. The lowest BCUT2D eigenvalue weighted by atomic mass is 10.2. The number of rotatable bonds is 5. The number of piperazine rings is 1. The van der Waals surface area contributed by atoms with E-state index in [1.165, 1.54) is 11.3 Å². The number of nitrogens with one attached hydrogen (secondary N) is 1. The fourth-order valence-electron chi connectivity index (χ4n) is 3.94. The van der Waals surface area contributed by atoms with E-state index in [4.69, 9.17) is 21.3 Å². The molecule has 1 unspecified atom stereocenters. The van der Waals surface area contributed by atoms with Crippen LogP contribution in [0, 0.1) is 6.92 Å². The molecule has 164 valence electrons. The Labute approximate surface area is 189 Å². The minimum Gasteiger partial charge on any atom is -0.462 e. The van der Waals surface area contributed by atoms with E-state index in [0.29, 0.717) is 33.1 Å². The summed E-state index contributed by atoms with van der Waals surface area (Å²) in [6, 6.07) is 7.84. The monoisotopic (exact) mass is 460 g/mol. The summed E-state index contributed by atoms with van der Waals surface area (Å²) in [6.45, 7) is 9.33. The van der Waals surface area contributed by atoms with Gasteiger partial charge in [0.05, 0.1) is 18.0 Å². The third kappa shape index (κ3) is 4.33. The third-order valence-corrected chi connectivity index (χ3v) is 7.15. The normalized spacial score (nSPS) is 15.9. The summed E-state index contributed by atoms with van der Waals surface area (Å²) in [7, 11) is 0. The summed E-state index contributed by atoms with van der Waals surface area (Å²) in [5, 5.41) is 1.20. The molecule has 2 aromatic heterocycles. The van der Waals surface area contributed by atoms with Crippen LogP contribution >= 0.6 is 22.9 Å². The Kier molecular flexibility index (Phi) is 6.31. The first-order valence-corrected chi connectivity index (χ1v) is 11.5. The number of H-pyrrole nitrogens is 1. The molecule has 1 aromatic carbocycles. The molecular weight excluding hydrogens is 436 g/mol. The number of halogens is 1. The summed E-state index contributed by atoms with van der Waals surface area (Å²) < 4.78 is 5.12. The topological polar surface area (TPSA) is 78.5 Å². The number of aromatic nitrogens is 2. The second-order valence-electron chi connectivity index (χ2n) is 7.58. The van der Waals surface area contributed by atoms with Gasteiger partial charge < -0.3 is 14.6 Å². The van der Waals surface area contributed by atoms with Gasteiger partial charge in [0.25, 0.3) is 5.56 Å². The molecule has 7 nitrogen and oxygen atoms in total. The molecule has 3 heterocycles. The van der Waals surface area contributed by atoms with Gasteiger partial charge in [-0.15, -0.1) is 11.3 Å². The second-order valence-corrected chi connectivity index (χ2v) is 9.02. The number of hydrogen-bond donors (Lipinski definition) is 1. The first kappa shape index (κ1) is 21.8. The molecule has 3 aromatic rings. The number of hydrogen-bond acceptors (Lipinski definition) is 7. The fourth-order valence-corrected chi connectivity index (χ4v) is 5.15. The van der Waals surface area contributed by atoms with Gasteiger partial charge in [-0.2, -0.15) is 0 Å². The van der Waals surface area contributed by atoms with E-state index in [-0.39, 0.29) is 11.6 Å². The number of anilines is 1. The maximum absolute atomic E-state index is 12.8. The number of carbonyl (C=O) groups excluding carboxylic acids is 1. The predicted octanol–water partition coefficient (Wildman–Crippen LogP) is 4.01. The highest BCUT2D eigenvalue weighted by molar-refractivity contribution is 7.20. The average Bonchev–Trinajstić information content (AvgIpc) is 3.11. The van der Waals surface area contributed by atoms with Crippen LogP contribution in [0.25, 0.3) is 10.2 Å². The summed E-state index contributed by atoms with van der Waals surface area (Å²) in [5.74, 6) is 0.212. The number of aryl methyl sites for hydroxylation is 1. The molecule has 1 aliphatic rings. The van der Waals surface area contributed by atoms with Crippen LogP contribution in [0.2, 0.25) is 5.02 Å². The molecule has 31 heavy (non-hydrogen) atoms. The van der Waals surface area contributed by atoms with E-state index >= 15 is 0 Å². The van der Waals surface area contributed by atoms with Crippen LogP contribution < -0.4 is 10.5 Å². The molecule has 0 aliphatic carbocycles. The van der Waals surface area contributed by atoms with Crippen molar-refractivity contribution in [2.75, 3.05) is 37.7 Å². The van der Waals surface area contributed by atoms with Crippen LogP contribution in [-0.4, -0.2) is 53.6 Å². The van der Waals surface area contributed by atoms with Gasteiger partial charge in [0, 0.05) is 36.9 Å². The number of benzene rings is 1. The predicted molar refractivity (Wildman–Crippen MR) is 125 cm³/mol. The highest BCUT2D eigenvalue weighted by Crippen LogP contribution is 2.29. The largest absolute Gasteiger partial charge is 0.462 e. The molecular formula is C22H25ClN4O3S. The van der Waals surface area contributed by atoms with Gasteiger partial charge in [-0.25, -0.2) is 9.78 Å². The Morgan fingerprint density at radius 1 is 1.26 bits per heavy atom. The summed E-state index contributed by atoms with van der Waals surface area (Å²) in [5.41, 5.74) is 1.57. The van der Waals surface area contributed by atoms with Crippen LogP contribution in [0.1, 0.15) is 40.9 Å². The molecule has 1 saturated heterocycles. The zero-order chi connectivity index (χ0) is 22.1. The first-order valence-electron chi connectivity index (χ1n) is 10.3. The van der Waals surface area contributed by atoms with Gasteiger partial charge in [0.1, 0.15) is 15.5 Å². The number of aromatic amines is 1. The number of fused-ring (bicyclic) bond motifs is 1. The van der Waals surface area contributed by atoms with E-state index in [9.17, 15) is 9.59 Å². The van der Waals surface area contributed by atoms with Crippen molar-refractivity contribution in [1.82, 2.24) is 14.9 Å². The van der Waals surface area contributed by atoms with Crippen molar-refractivity contribution in [2.24, 2.45) is 0 Å². The fraction of sp³-hybridized carbons (Fsp3) is 0.409. The molecule has 1 atom stereocenters. The van der Waals surface area contributed by atoms with E-state index in [1.54, 1.807) is 13.8 Å². The number of carbonyl (C=O) groups is 1. The lowest BCUT2D eigenvalue weighted by Crippen LogP contribution is -2.47. The molecule has 0 radical (unpaired) electrons.